The Hall–Kier alpha value is -1.73. The molecule has 0 amide bonds. The number of benzene rings is 1. The Morgan fingerprint density at radius 2 is 2.11 bits per heavy atom. The van der Waals surface area contributed by atoms with Crippen LogP contribution in [0.4, 0.5) is 4.39 Å². The van der Waals surface area contributed by atoms with E-state index < -0.39 is 21.8 Å². The zero-order valence-electron chi connectivity index (χ0n) is 10.4. The minimum atomic E-state index is -3.37. The minimum Gasteiger partial charge on any atom is -0.389 e. The number of nitrogens with zero attached hydrogens (tertiary/aromatic N) is 2. The summed E-state index contributed by atoms with van der Waals surface area (Å²) in [5, 5.41) is 13.2. The summed E-state index contributed by atoms with van der Waals surface area (Å²) in [7, 11) is -3.37. The van der Waals surface area contributed by atoms with Crippen LogP contribution in [0.25, 0.3) is 5.69 Å². The lowest BCUT2D eigenvalue weighted by Gasteiger charge is -2.08. The van der Waals surface area contributed by atoms with Crippen LogP contribution in [0.2, 0.25) is 0 Å². The van der Waals surface area contributed by atoms with Crippen LogP contribution < -0.4 is 0 Å². The number of hydrogen-bond donors (Lipinski definition) is 1. The van der Waals surface area contributed by atoms with E-state index in [0.717, 1.165) is 17.1 Å². The molecule has 0 bridgehead atoms. The Labute approximate surface area is 110 Å². The monoisotopic (exact) mass is 284 g/mol. The number of hydrogen-bond acceptors (Lipinski definition) is 4. The molecule has 7 heteroatoms. The van der Waals surface area contributed by atoms with Crippen LogP contribution in [-0.2, 0) is 9.84 Å². The fourth-order valence-electron chi connectivity index (χ4n) is 1.60. The van der Waals surface area contributed by atoms with Crippen LogP contribution in [0.3, 0.4) is 0 Å². The maximum Gasteiger partial charge on any atom is 0.178 e. The molecule has 1 heterocycles. The van der Waals surface area contributed by atoms with E-state index in [4.69, 9.17) is 0 Å². The van der Waals surface area contributed by atoms with Gasteiger partial charge in [0.1, 0.15) is 16.4 Å². The molecule has 0 aliphatic heterocycles. The molecule has 2 rings (SSSR count). The Kier molecular flexibility index (Phi) is 3.42. The maximum absolute atomic E-state index is 13.9. The molecule has 0 unspecified atom stereocenters. The molecule has 0 aliphatic rings. The number of rotatable bonds is 3. The first-order chi connectivity index (χ1) is 8.79. The zero-order chi connectivity index (χ0) is 14.2. The molecule has 1 atom stereocenters. The fourth-order valence-corrected chi connectivity index (χ4v) is 2.13. The summed E-state index contributed by atoms with van der Waals surface area (Å²) in [6.45, 7) is 1.53. The average molecular weight is 284 g/mol. The molecule has 2 aromatic rings. The first kappa shape index (κ1) is 13.7. The molecule has 0 radical (unpaired) electrons. The van der Waals surface area contributed by atoms with Crippen molar-refractivity contribution >= 4 is 9.84 Å². The number of aliphatic hydroxyl groups excluding tert-OH is 1. The van der Waals surface area contributed by atoms with Gasteiger partial charge in [-0.15, -0.1) is 0 Å². The van der Waals surface area contributed by atoms with E-state index in [1.807, 2.05) is 0 Å². The highest BCUT2D eigenvalue weighted by Gasteiger charge is 2.13. The van der Waals surface area contributed by atoms with Gasteiger partial charge in [-0.3, -0.25) is 0 Å². The predicted octanol–water partition coefficient (Wildman–Crippen LogP) is 1.47. The van der Waals surface area contributed by atoms with Crippen molar-refractivity contribution in [3.05, 3.63) is 42.0 Å². The van der Waals surface area contributed by atoms with Gasteiger partial charge >= 0.3 is 0 Å². The van der Waals surface area contributed by atoms with Gasteiger partial charge < -0.3 is 5.11 Å². The Bertz CT molecular complexity index is 708. The lowest BCUT2D eigenvalue weighted by Crippen LogP contribution is -2.01. The van der Waals surface area contributed by atoms with Crippen molar-refractivity contribution < 1.29 is 17.9 Å². The van der Waals surface area contributed by atoms with E-state index in [1.165, 1.54) is 25.3 Å². The number of halogens is 1. The van der Waals surface area contributed by atoms with Crippen LogP contribution >= 0.6 is 0 Å². The molecular formula is C12H13FN2O3S. The molecule has 0 saturated carbocycles. The number of sulfone groups is 1. The summed E-state index contributed by atoms with van der Waals surface area (Å²) in [5.74, 6) is -0.582. The van der Waals surface area contributed by atoms with E-state index in [2.05, 4.69) is 5.10 Å². The SMILES string of the molecule is C[C@H](O)c1ccc(-n2cc(S(C)(=O)=O)cn2)c(F)c1. The summed E-state index contributed by atoms with van der Waals surface area (Å²) < 4.78 is 37.7. The highest BCUT2D eigenvalue weighted by Crippen LogP contribution is 2.20. The second kappa shape index (κ2) is 4.75. The summed E-state index contributed by atoms with van der Waals surface area (Å²) >= 11 is 0. The van der Waals surface area contributed by atoms with E-state index in [0.29, 0.717) is 5.56 Å². The Balaban J connectivity index is 2.45. The van der Waals surface area contributed by atoms with Gasteiger partial charge in [0, 0.05) is 12.5 Å². The average Bonchev–Trinajstić information content (AvgIpc) is 2.77. The van der Waals surface area contributed by atoms with Gasteiger partial charge in [-0.1, -0.05) is 6.07 Å². The highest BCUT2D eigenvalue weighted by atomic mass is 32.2. The standard InChI is InChI=1S/C12H13FN2O3S/c1-8(16)9-3-4-12(11(13)5-9)15-7-10(6-14-15)19(2,17)18/h3-8,16H,1-2H3/t8-/m0/s1. The predicted molar refractivity (Wildman–Crippen MR) is 67.3 cm³/mol. The van der Waals surface area contributed by atoms with E-state index in [9.17, 15) is 17.9 Å². The minimum absolute atomic E-state index is 0.0199. The van der Waals surface area contributed by atoms with Crippen molar-refractivity contribution in [2.24, 2.45) is 0 Å². The zero-order valence-corrected chi connectivity index (χ0v) is 11.2. The van der Waals surface area contributed by atoms with Crippen molar-refractivity contribution in [3.8, 4) is 5.69 Å². The van der Waals surface area contributed by atoms with Crippen molar-refractivity contribution in [1.82, 2.24) is 9.78 Å². The topological polar surface area (TPSA) is 72.2 Å². The van der Waals surface area contributed by atoms with Crippen molar-refractivity contribution in [2.75, 3.05) is 6.26 Å². The van der Waals surface area contributed by atoms with Crippen molar-refractivity contribution in [3.63, 3.8) is 0 Å². The summed E-state index contributed by atoms with van der Waals surface area (Å²) in [4.78, 5) is 0.0199. The van der Waals surface area contributed by atoms with Gasteiger partial charge in [0.2, 0.25) is 0 Å². The lowest BCUT2D eigenvalue weighted by atomic mass is 10.1. The highest BCUT2D eigenvalue weighted by molar-refractivity contribution is 7.90. The van der Waals surface area contributed by atoms with Crippen LogP contribution in [0.5, 0.6) is 0 Å². The van der Waals surface area contributed by atoms with Gasteiger partial charge in [0.15, 0.2) is 9.84 Å². The molecule has 102 valence electrons. The quantitative estimate of drug-likeness (QED) is 0.926. The number of aromatic nitrogens is 2. The van der Waals surface area contributed by atoms with E-state index >= 15 is 0 Å². The first-order valence-electron chi connectivity index (χ1n) is 5.51. The summed E-state index contributed by atoms with van der Waals surface area (Å²) in [6, 6.07) is 4.20. The molecule has 0 aliphatic carbocycles. The third kappa shape index (κ3) is 2.82. The Morgan fingerprint density at radius 1 is 1.42 bits per heavy atom. The summed E-state index contributed by atoms with van der Waals surface area (Å²) in [5.41, 5.74) is 0.566. The third-order valence-electron chi connectivity index (χ3n) is 2.69. The van der Waals surface area contributed by atoms with E-state index in [1.54, 1.807) is 6.07 Å². The molecule has 1 N–H and O–H groups in total. The van der Waals surface area contributed by atoms with Crippen molar-refractivity contribution in [1.29, 1.82) is 0 Å². The van der Waals surface area contributed by atoms with Gasteiger partial charge in [-0.2, -0.15) is 5.10 Å². The lowest BCUT2D eigenvalue weighted by molar-refractivity contribution is 0.199. The molecule has 0 saturated heterocycles. The Morgan fingerprint density at radius 3 is 2.58 bits per heavy atom. The molecule has 0 fully saturated rings. The second-order valence-electron chi connectivity index (χ2n) is 4.28. The van der Waals surface area contributed by atoms with Crippen LogP contribution in [-0.4, -0.2) is 29.6 Å². The van der Waals surface area contributed by atoms with Crippen LogP contribution in [0.15, 0.2) is 35.5 Å². The molecule has 1 aromatic heterocycles. The van der Waals surface area contributed by atoms with Gasteiger partial charge in [-0.25, -0.2) is 17.5 Å². The normalized spacial score (nSPS) is 13.5. The molecular weight excluding hydrogens is 271 g/mol. The van der Waals surface area contributed by atoms with Gasteiger partial charge in [0.25, 0.3) is 0 Å². The van der Waals surface area contributed by atoms with Gasteiger partial charge in [0.05, 0.1) is 12.3 Å². The molecule has 1 aromatic carbocycles. The fraction of sp³-hybridized carbons (Fsp3) is 0.250. The van der Waals surface area contributed by atoms with E-state index in [-0.39, 0.29) is 10.6 Å². The second-order valence-corrected chi connectivity index (χ2v) is 6.30. The molecule has 5 nitrogen and oxygen atoms in total. The first-order valence-corrected chi connectivity index (χ1v) is 7.41. The summed E-state index contributed by atoms with van der Waals surface area (Å²) in [6.07, 6.45) is 2.70. The molecule has 19 heavy (non-hydrogen) atoms. The van der Waals surface area contributed by atoms with Crippen molar-refractivity contribution in [2.45, 2.75) is 17.9 Å². The maximum atomic E-state index is 13.9. The third-order valence-corrected chi connectivity index (χ3v) is 3.76. The largest absolute Gasteiger partial charge is 0.389 e. The molecule has 0 spiro atoms. The number of aliphatic hydroxyl groups is 1. The van der Waals surface area contributed by atoms with Gasteiger partial charge in [-0.05, 0) is 24.6 Å². The smallest absolute Gasteiger partial charge is 0.178 e. The van der Waals surface area contributed by atoms with Crippen LogP contribution in [0.1, 0.15) is 18.6 Å². The van der Waals surface area contributed by atoms with Crippen LogP contribution in [0, 0.1) is 5.82 Å².